The van der Waals surface area contributed by atoms with Crippen molar-refractivity contribution in [2.45, 2.75) is 34.3 Å². The van der Waals surface area contributed by atoms with E-state index in [2.05, 4.69) is 50.6 Å². The molecule has 3 aliphatic heterocycles. The minimum Gasteiger partial charge on any atom is -0.395 e. The van der Waals surface area contributed by atoms with Crippen molar-refractivity contribution in [3.8, 4) is 0 Å². The highest BCUT2D eigenvalue weighted by Crippen LogP contribution is 2.53. The molecule has 2 aromatic rings. The molecule has 2 aromatic carbocycles. The van der Waals surface area contributed by atoms with Crippen molar-refractivity contribution in [3.63, 3.8) is 0 Å². The van der Waals surface area contributed by atoms with Gasteiger partial charge in [-0.1, -0.05) is 11.8 Å². The van der Waals surface area contributed by atoms with Crippen molar-refractivity contribution < 1.29 is 14.2 Å². The molecule has 1 unspecified atom stereocenters. The fourth-order valence-corrected chi connectivity index (χ4v) is 6.59. The highest BCUT2D eigenvalue weighted by atomic mass is 127. The smallest absolute Gasteiger partial charge is 0.123 e. The molecule has 3 heterocycles. The van der Waals surface area contributed by atoms with Crippen LogP contribution >= 0.6 is 34.4 Å². The second-order valence-electron chi connectivity index (χ2n) is 8.35. The van der Waals surface area contributed by atoms with Crippen molar-refractivity contribution in [1.29, 1.82) is 0 Å². The Balaban J connectivity index is 1.38. The Kier molecular flexibility index (Phi) is 6.37. The number of hydrogen-bond acceptors (Lipinski definition) is 5. The number of hydrogen-bond donors (Lipinski definition) is 1. The minimum absolute atomic E-state index is 0.0941. The number of fused-ring (bicyclic) bond motifs is 5. The first-order valence-corrected chi connectivity index (χ1v) is 12.5. The van der Waals surface area contributed by atoms with Gasteiger partial charge >= 0.3 is 0 Å². The molecule has 2 saturated heterocycles. The van der Waals surface area contributed by atoms with Crippen LogP contribution in [0.5, 0.6) is 0 Å². The number of ether oxygens (including phenoxy) is 1. The molecule has 0 aliphatic carbocycles. The number of nitrogens with zero attached hydrogens (tertiary/aromatic N) is 2. The van der Waals surface area contributed by atoms with Gasteiger partial charge in [0.1, 0.15) is 5.82 Å². The van der Waals surface area contributed by atoms with E-state index in [0.29, 0.717) is 0 Å². The fraction of sp³-hybridized carbons (Fsp3) is 0.478. The number of halogens is 2. The zero-order valence-corrected chi connectivity index (χ0v) is 19.7. The first-order chi connectivity index (χ1) is 14.6. The molecule has 4 nitrogen and oxygen atoms in total. The Morgan fingerprint density at radius 3 is 2.57 bits per heavy atom. The van der Waals surface area contributed by atoms with Crippen LogP contribution in [0, 0.1) is 9.39 Å². The molecule has 0 radical (unpaired) electrons. The van der Waals surface area contributed by atoms with Crippen molar-refractivity contribution in [2.24, 2.45) is 0 Å². The summed E-state index contributed by atoms with van der Waals surface area (Å²) in [6.45, 7) is 5.89. The minimum atomic E-state index is -0.194. The van der Waals surface area contributed by atoms with E-state index in [1.165, 1.54) is 14.0 Å². The summed E-state index contributed by atoms with van der Waals surface area (Å²) >= 11 is 4.11. The third-order valence-corrected chi connectivity index (χ3v) is 8.29. The first-order valence-electron chi connectivity index (χ1n) is 10.6. The van der Waals surface area contributed by atoms with Gasteiger partial charge in [-0.15, -0.1) is 0 Å². The second-order valence-corrected chi connectivity index (χ2v) is 10.7. The molecule has 2 fully saturated rings. The molecular weight excluding hydrogens is 514 g/mol. The zero-order valence-electron chi connectivity index (χ0n) is 16.8. The highest BCUT2D eigenvalue weighted by Gasteiger charge is 2.42. The maximum absolute atomic E-state index is 14.2. The van der Waals surface area contributed by atoms with Crippen LogP contribution in [0.1, 0.15) is 29.6 Å². The van der Waals surface area contributed by atoms with Gasteiger partial charge in [-0.25, -0.2) is 4.39 Å². The van der Waals surface area contributed by atoms with Gasteiger partial charge in [0.2, 0.25) is 0 Å². The number of aliphatic hydroxyl groups excluding tert-OH is 1. The van der Waals surface area contributed by atoms with Crippen molar-refractivity contribution in [1.82, 2.24) is 9.80 Å². The van der Waals surface area contributed by atoms with Crippen LogP contribution in [-0.4, -0.2) is 66.9 Å². The Labute approximate surface area is 194 Å². The molecule has 3 atom stereocenters. The summed E-state index contributed by atoms with van der Waals surface area (Å²) in [5, 5.41) is 9.15. The van der Waals surface area contributed by atoms with Crippen LogP contribution in [-0.2, 0) is 4.74 Å². The largest absolute Gasteiger partial charge is 0.395 e. The summed E-state index contributed by atoms with van der Waals surface area (Å²) in [7, 11) is 0. The molecule has 0 amide bonds. The third kappa shape index (κ3) is 4.29. The van der Waals surface area contributed by atoms with E-state index in [9.17, 15) is 4.39 Å². The maximum atomic E-state index is 14.2. The van der Waals surface area contributed by atoms with Crippen LogP contribution in [0.4, 0.5) is 4.39 Å². The van der Waals surface area contributed by atoms with Crippen LogP contribution in [0.2, 0.25) is 0 Å². The van der Waals surface area contributed by atoms with Gasteiger partial charge < -0.3 is 9.84 Å². The van der Waals surface area contributed by atoms with Crippen molar-refractivity contribution in [3.05, 3.63) is 56.9 Å². The van der Waals surface area contributed by atoms with E-state index in [1.54, 1.807) is 23.9 Å². The fourth-order valence-electron chi connectivity index (χ4n) is 4.94. The van der Waals surface area contributed by atoms with E-state index < -0.39 is 0 Å². The lowest BCUT2D eigenvalue weighted by molar-refractivity contribution is 0.00701. The van der Waals surface area contributed by atoms with E-state index in [-0.39, 0.29) is 30.5 Å². The molecule has 5 rings (SSSR count). The SMILES string of the molecule is OCCN1CCN(CC2C[C@@H]3c4cc(I)ccc4Sc4ccc(F)cc4[C@H]3O2)CC1. The van der Waals surface area contributed by atoms with E-state index in [4.69, 9.17) is 9.84 Å². The number of benzene rings is 2. The van der Waals surface area contributed by atoms with Crippen LogP contribution < -0.4 is 0 Å². The van der Waals surface area contributed by atoms with Crippen molar-refractivity contribution >= 4 is 34.4 Å². The molecular formula is C23H26FIN2O2S. The van der Waals surface area contributed by atoms with Crippen LogP contribution in [0.15, 0.2) is 46.2 Å². The normalized spacial score (nSPS) is 26.7. The van der Waals surface area contributed by atoms with Crippen molar-refractivity contribution in [2.75, 3.05) is 45.9 Å². The van der Waals surface area contributed by atoms with Gasteiger partial charge in [-0.3, -0.25) is 9.80 Å². The van der Waals surface area contributed by atoms with Gasteiger partial charge in [0.05, 0.1) is 18.8 Å². The molecule has 0 aromatic heterocycles. The van der Waals surface area contributed by atoms with Gasteiger partial charge in [-0.05, 0) is 76.5 Å². The number of β-amino-alcohol motifs (C(OH)–C–C–N with tert-alkyl or cyclic N) is 1. The standard InChI is InChI=1S/C23H26FIN2O2S/c24-15-1-3-22-20(11-15)23-19(18-12-16(25)2-4-21(18)30-22)13-17(29-23)14-27-7-5-26(6-8-27)9-10-28/h1-4,11-12,17,19,23,28H,5-10,13-14H2/t17?,19-,23+/m1/s1. The lowest BCUT2D eigenvalue weighted by Gasteiger charge is -2.35. The zero-order chi connectivity index (χ0) is 20.7. The van der Waals surface area contributed by atoms with Gasteiger partial charge in [0.25, 0.3) is 0 Å². The topological polar surface area (TPSA) is 35.9 Å². The van der Waals surface area contributed by atoms with E-state index in [1.807, 2.05) is 6.07 Å². The number of aliphatic hydroxyl groups is 1. The summed E-state index contributed by atoms with van der Waals surface area (Å²) in [6, 6.07) is 11.8. The first kappa shape index (κ1) is 21.2. The van der Waals surface area contributed by atoms with Gasteiger partial charge in [0.15, 0.2) is 0 Å². The molecule has 0 bridgehead atoms. The lowest BCUT2D eigenvalue weighted by atomic mass is 9.87. The number of rotatable bonds is 4. The molecule has 160 valence electrons. The highest BCUT2D eigenvalue weighted by molar-refractivity contribution is 14.1. The summed E-state index contributed by atoms with van der Waals surface area (Å²) in [4.78, 5) is 7.15. The van der Waals surface area contributed by atoms with Gasteiger partial charge in [0, 0.05) is 58.5 Å². The molecule has 1 N–H and O–H groups in total. The summed E-state index contributed by atoms with van der Waals surface area (Å²) < 4.78 is 22.0. The second kappa shape index (κ2) is 9.03. The predicted molar refractivity (Wildman–Crippen MR) is 125 cm³/mol. The van der Waals surface area contributed by atoms with Crippen LogP contribution in [0.25, 0.3) is 0 Å². The number of piperazine rings is 1. The Bertz CT molecular complexity index is 863. The summed E-state index contributed by atoms with van der Waals surface area (Å²) in [5.41, 5.74) is 2.33. The average Bonchev–Trinajstić information content (AvgIpc) is 3.11. The Hall–Kier alpha value is -0.710. The predicted octanol–water partition coefficient (Wildman–Crippen LogP) is 4.12. The molecule has 30 heavy (non-hydrogen) atoms. The summed E-state index contributed by atoms with van der Waals surface area (Å²) in [6.07, 6.45) is 1.02. The third-order valence-electron chi connectivity index (χ3n) is 6.43. The Morgan fingerprint density at radius 1 is 1.03 bits per heavy atom. The Morgan fingerprint density at radius 2 is 1.77 bits per heavy atom. The lowest BCUT2D eigenvalue weighted by Crippen LogP contribution is -2.49. The molecule has 7 heteroatoms. The molecule has 3 aliphatic rings. The maximum Gasteiger partial charge on any atom is 0.123 e. The van der Waals surface area contributed by atoms with Gasteiger partial charge in [-0.2, -0.15) is 0 Å². The van der Waals surface area contributed by atoms with E-state index >= 15 is 0 Å². The van der Waals surface area contributed by atoms with E-state index in [0.717, 1.165) is 56.1 Å². The molecule has 0 saturated carbocycles. The summed E-state index contributed by atoms with van der Waals surface area (Å²) in [5.74, 6) is 0.0617. The monoisotopic (exact) mass is 540 g/mol. The average molecular weight is 540 g/mol. The quantitative estimate of drug-likeness (QED) is 0.591. The molecule has 0 spiro atoms. The van der Waals surface area contributed by atoms with Crippen LogP contribution in [0.3, 0.4) is 0 Å².